The lowest BCUT2D eigenvalue weighted by molar-refractivity contribution is -0.118. The highest BCUT2D eigenvalue weighted by molar-refractivity contribution is 7.44. The number of methoxy groups -OCH3 is 2. The zero-order chi connectivity index (χ0) is 46.0. The number of nitrogens with one attached hydrogen (secondary N) is 2. The molecule has 0 spiro atoms. The van der Waals surface area contributed by atoms with Gasteiger partial charge in [-0.3, -0.25) is 24.5 Å². The minimum absolute atomic E-state index is 0.00833. The van der Waals surface area contributed by atoms with Gasteiger partial charge in [0, 0.05) is 18.0 Å². The maximum Gasteiger partial charge on any atom is 0.280 e. The van der Waals surface area contributed by atoms with Crippen LogP contribution in [0.4, 0.5) is 5.95 Å². The van der Waals surface area contributed by atoms with E-state index in [-0.39, 0.29) is 67.3 Å². The molecule has 17 heteroatoms. The number of rotatable bonds is 21. The van der Waals surface area contributed by atoms with Crippen LogP contribution < -0.4 is 20.3 Å². The minimum atomic E-state index is -1.87. The van der Waals surface area contributed by atoms with Crippen molar-refractivity contribution in [1.29, 1.82) is 5.26 Å². The lowest BCUT2D eigenvalue weighted by Crippen LogP contribution is -2.43. The van der Waals surface area contributed by atoms with Crippen LogP contribution in [0.5, 0.6) is 11.5 Å². The number of nitrogens with zero attached hydrogens (tertiary/aromatic N) is 5. The van der Waals surface area contributed by atoms with Crippen LogP contribution in [0, 0.1) is 29.6 Å². The first-order valence-corrected chi connectivity index (χ1v) is 22.2. The third-order valence-corrected chi connectivity index (χ3v) is 12.8. The number of fused-ring (bicyclic) bond motifs is 1. The quantitative estimate of drug-likeness (QED) is 0.0324. The summed E-state index contributed by atoms with van der Waals surface area (Å²) in [6, 6.07) is 27.3. The van der Waals surface area contributed by atoms with E-state index in [9.17, 15) is 14.9 Å². The van der Waals surface area contributed by atoms with Crippen LogP contribution in [0.1, 0.15) is 70.9 Å². The number of terminal acetylenes is 1. The molecule has 16 nitrogen and oxygen atoms in total. The first kappa shape index (κ1) is 47.8. The summed E-state index contributed by atoms with van der Waals surface area (Å²) in [5.41, 5.74) is 0.738. The summed E-state index contributed by atoms with van der Waals surface area (Å²) in [4.78, 5) is 37.8. The Bertz CT molecular complexity index is 2390. The Morgan fingerprint density at radius 1 is 0.953 bits per heavy atom. The topological polar surface area (TPSA) is 184 Å². The number of imidazole rings is 1. The van der Waals surface area contributed by atoms with Crippen molar-refractivity contribution in [3.8, 4) is 29.9 Å². The summed E-state index contributed by atoms with van der Waals surface area (Å²) in [5.74, 6) is 3.13. The molecule has 64 heavy (non-hydrogen) atoms. The van der Waals surface area contributed by atoms with Gasteiger partial charge in [0.15, 0.2) is 17.4 Å². The maximum absolute atomic E-state index is 13.4. The summed E-state index contributed by atoms with van der Waals surface area (Å²) in [6.45, 7) is 11.5. The third kappa shape index (κ3) is 10.5. The number of aromatic amines is 1. The van der Waals surface area contributed by atoms with Crippen molar-refractivity contribution < 1.29 is 37.5 Å². The predicted molar refractivity (Wildman–Crippen MR) is 242 cm³/mol. The average Bonchev–Trinajstić information content (AvgIpc) is 3.87. The van der Waals surface area contributed by atoms with Gasteiger partial charge in [0.1, 0.15) is 42.0 Å². The summed E-state index contributed by atoms with van der Waals surface area (Å²) in [6.07, 6.45) is 3.56. The average molecular weight is 894 g/mol. The molecule has 2 aromatic heterocycles. The van der Waals surface area contributed by atoms with E-state index in [0.29, 0.717) is 11.5 Å². The second kappa shape index (κ2) is 21.8. The molecule has 5 aromatic rings. The Balaban J connectivity index is 1.53. The van der Waals surface area contributed by atoms with Gasteiger partial charge in [-0.05, 0) is 68.7 Å². The molecule has 0 saturated carbocycles. The van der Waals surface area contributed by atoms with Gasteiger partial charge in [0.05, 0.1) is 46.3 Å². The Morgan fingerprint density at radius 3 is 2.11 bits per heavy atom. The van der Waals surface area contributed by atoms with Crippen molar-refractivity contribution in [3.63, 3.8) is 0 Å². The van der Waals surface area contributed by atoms with Gasteiger partial charge in [-0.1, -0.05) is 74.4 Å². The summed E-state index contributed by atoms with van der Waals surface area (Å²) in [5, 5.41) is 12.2. The first-order valence-electron chi connectivity index (χ1n) is 21.1. The van der Waals surface area contributed by atoms with Gasteiger partial charge in [-0.2, -0.15) is 10.2 Å². The molecular weight excluding hydrogens is 838 g/mol. The Labute approximate surface area is 375 Å². The lowest BCUT2D eigenvalue weighted by Gasteiger charge is -2.39. The molecule has 0 radical (unpaired) electrons. The Kier molecular flexibility index (Phi) is 16.3. The minimum Gasteiger partial charge on any atom is -0.497 e. The number of carbonyl (C=O) groups is 1. The maximum atomic E-state index is 13.4. The summed E-state index contributed by atoms with van der Waals surface area (Å²) < 4.78 is 49.2. The van der Waals surface area contributed by atoms with Gasteiger partial charge in [-0.15, -0.1) is 6.42 Å². The molecule has 3 aromatic carbocycles. The fourth-order valence-electron chi connectivity index (χ4n) is 7.63. The smallest absolute Gasteiger partial charge is 0.280 e. The van der Waals surface area contributed by atoms with Gasteiger partial charge >= 0.3 is 0 Å². The highest BCUT2D eigenvalue weighted by atomic mass is 31.2. The molecule has 1 aliphatic rings. The lowest BCUT2D eigenvalue weighted by atomic mass is 9.80. The van der Waals surface area contributed by atoms with Crippen LogP contribution in [0.25, 0.3) is 11.2 Å². The van der Waals surface area contributed by atoms with Gasteiger partial charge in [0.25, 0.3) is 14.1 Å². The Hall–Kier alpha value is -5.68. The summed E-state index contributed by atoms with van der Waals surface area (Å²) >= 11 is 0. The zero-order valence-electron chi connectivity index (χ0n) is 37.4. The van der Waals surface area contributed by atoms with E-state index >= 15 is 0 Å². The summed E-state index contributed by atoms with van der Waals surface area (Å²) in [7, 11) is 1.36. The largest absolute Gasteiger partial charge is 0.497 e. The second-order valence-corrected chi connectivity index (χ2v) is 17.3. The van der Waals surface area contributed by atoms with E-state index in [4.69, 9.17) is 39.2 Å². The Morgan fingerprint density at radius 2 is 1.56 bits per heavy atom. The van der Waals surface area contributed by atoms with Crippen LogP contribution in [0.15, 0.2) is 90.0 Å². The highest BCUT2D eigenvalue weighted by Crippen LogP contribution is 2.51. The van der Waals surface area contributed by atoms with Crippen molar-refractivity contribution in [1.82, 2.24) is 24.2 Å². The van der Waals surface area contributed by atoms with Crippen molar-refractivity contribution in [2.24, 2.45) is 5.92 Å². The molecule has 2 unspecified atom stereocenters. The molecule has 1 amide bonds. The number of nitriles is 1. The van der Waals surface area contributed by atoms with Crippen LogP contribution in [0.2, 0.25) is 0 Å². The number of benzene rings is 3. The first-order chi connectivity index (χ1) is 30.9. The number of H-pyrrole nitrogens is 1. The van der Waals surface area contributed by atoms with Crippen molar-refractivity contribution in [2.75, 3.05) is 39.4 Å². The van der Waals surface area contributed by atoms with E-state index in [2.05, 4.69) is 36.9 Å². The molecule has 5 atom stereocenters. The number of aromatic nitrogens is 4. The van der Waals surface area contributed by atoms with E-state index in [1.54, 1.807) is 32.6 Å². The van der Waals surface area contributed by atoms with Crippen molar-refractivity contribution in [2.45, 2.75) is 90.2 Å². The molecule has 1 aliphatic heterocycles. The monoisotopic (exact) mass is 893 g/mol. The number of amides is 1. The van der Waals surface area contributed by atoms with E-state index < -0.39 is 44.2 Å². The SMILES string of the molecule is C#CCO[C@H]1C(OP(OCCC#N)N(C(C)C)C(C)C)[C@@H](COC(c2ccccc2)(c2ccc(OC)cc2)c2ccc(OC)cc2)O[C@H]1n1cnc2c(=O)[nH]c(NC(=O)C(C)C)nc21. The van der Waals surface area contributed by atoms with E-state index in [0.717, 1.165) is 16.7 Å². The second-order valence-electron chi connectivity index (χ2n) is 15.9. The number of ether oxygens (including phenoxy) is 5. The molecular formula is C47H56N7O9P. The molecule has 1 saturated heterocycles. The fourth-order valence-corrected chi connectivity index (χ4v) is 9.40. The normalized spacial score (nSPS) is 18.1. The fraction of sp³-hybridized carbons (Fsp3) is 0.426. The zero-order valence-corrected chi connectivity index (χ0v) is 38.3. The van der Waals surface area contributed by atoms with Gasteiger partial charge < -0.3 is 32.7 Å². The van der Waals surface area contributed by atoms with Crippen LogP contribution in [0.3, 0.4) is 0 Å². The number of anilines is 1. The van der Waals surface area contributed by atoms with Gasteiger partial charge in [-0.25, -0.2) is 9.65 Å². The molecule has 1 fully saturated rings. The third-order valence-electron chi connectivity index (χ3n) is 10.6. The molecule has 0 bridgehead atoms. The van der Waals surface area contributed by atoms with E-state index in [1.165, 1.54) is 6.33 Å². The van der Waals surface area contributed by atoms with Crippen LogP contribution >= 0.6 is 8.53 Å². The van der Waals surface area contributed by atoms with Gasteiger partial charge in [0.2, 0.25) is 11.9 Å². The highest BCUT2D eigenvalue weighted by Gasteiger charge is 2.52. The predicted octanol–water partition coefficient (Wildman–Crippen LogP) is 7.32. The molecule has 0 aliphatic carbocycles. The van der Waals surface area contributed by atoms with Crippen LogP contribution in [-0.2, 0) is 33.7 Å². The number of carbonyl (C=O) groups excluding carboxylic acids is 1. The molecule has 338 valence electrons. The molecule has 3 heterocycles. The number of hydrogen-bond donors (Lipinski definition) is 2. The standard InChI is InChI=1S/C47H56N7O9P/c1-10-26-59-41-40(63-64(61-27-14-25-48)54(31(4)5)32(6)7)38(62-45(41)53-29-49-39-42(53)50-46(52-44(39)56)51-43(55)30(2)3)28-60-47(33-15-12-11-13-16-33,34-17-21-36(57-8)22-18-34)35-19-23-37(58-9)24-20-35/h1,11-13,15-24,29-32,38,40-41,45H,14,26-28H2,2-9H3,(H2,50,51,52,55,56)/t38-,40?,41+,45-,64?/m1/s1. The van der Waals surface area contributed by atoms with E-state index in [1.807, 2.05) is 107 Å². The van der Waals surface area contributed by atoms with Crippen LogP contribution in [-0.4, -0.2) is 94.5 Å². The molecule has 6 rings (SSSR count). The molecule has 2 N–H and O–H groups in total. The van der Waals surface area contributed by atoms with Crippen molar-refractivity contribution in [3.05, 3.63) is 112 Å². The van der Waals surface area contributed by atoms with Crippen molar-refractivity contribution >= 4 is 31.5 Å². The number of hydrogen-bond acceptors (Lipinski definition) is 13.